The summed E-state index contributed by atoms with van der Waals surface area (Å²) < 4.78 is 48.9. The average Bonchev–Trinajstić information content (AvgIpc) is 3.87. The number of alkyl carbamates (subject to hydrolysis) is 1. The Morgan fingerprint density at radius 2 is 1.74 bits per heavy atom. The number of carbonyl (C=O) groups excluding carboxylic acids is 4. The predicted molar refractivity (Wildman–Crippen MR) is 169 cm³/mol. The maximum Gasteiger partial charge on any atom is 0.408 e. The number of hydrogen-bond donors (Lipinski definition) is 2. The van der Waals surface area contributed by atoms with Crippen molar-refractivity contribution in [3.8, 4) is 0 Å². The van der Waals surface area contributed by atoms with E-state index < -0.39 is 57.7 Å². The molecule has 0 spiro atoms. The standard InChI is InChI=1S/C32H40BrN3O10S/c1-3-21-16-32(21,30(39)43-2)35-28(37)26-15-24(46-47(41,42)25-6-4-22(33)5-7-25)17-36(26)29(38)27(18-8-10-44-11-9-18)34-31(40)45-23-13-19-12-20(19)14-23/h3-7,18-21,23-24,26-27H,1,8-17H2,2H3,(H,34,40)(H,35,37)/t19-,20+,21-,23+,24+,26+,27+,32-/m1/s1. The molecule has 2 saturated heterocycles. The lowest BCUT2D eigenvalue weighted by atomic mass is 9.90. The molecule has 0 bridgehead atoms. The van der Waals surface area contributed by atoms with Crippen molar-refractivity contribution in [3.05, 3.63) is 41.4 Å². The zero-order chi connectivity index (χ0) is 33.5. The monoisotopic (exact) mass is 737 g/mol. The van der Waals surface area contributed by atoms with Crippen LogP contribution >= 0.6 is 15.9 Å². The second-order valence-corrected chi connectivity index (χ2v) is 15.7. The number of nitrogens with zero attached hydrogens (tertiary/aromatic N) is 1. The van der Waals surface area contributed by atoms with Crippen LogP contribution in [0.5, 0.6) is 0 Å². The van der Waals surface area contributed by atoms with Gasteiger partial charge in [-0.1, -0.05) is 22.0 Å². The van der Waals surface area contributed by atoms with Crippen molar-refractivity contribution in [2.24, 2.45) is 23.7 Å². The van der Waals surface area contributed by atoms with Crippen LogP contribution in [0.25, 0.3) is 0 Å². The van der Waals surface area contributed by atoms with Gasteiger partial charge in [-0.3, -0.25) is 13.8 Å². The Balaban J connectivity index is 1.24. The first-order chi connectivity index (χ1) is 22.4. The fourth-order valence-corrected chi connectivity index (χ4v) is 8.70. The molecule has 1 aromatic rings. The second kappa shape index (κ2) is 13.5. The molecule has 5 fully saturated rings. The smallest absolute Gasteiger partial charge is 0.408 e. The van der Waals surface area contributed by atoms with Crippen molar-refractivity contribution in [3.63, 3.8) is 0 Å². The highest BCUT2D eigenvalue weighted by atomic mass is 79.9. The van der Waals surface area contributed by atoms with Crippen molar-refractivity contribution in [2.45, 2.75) is 79.7 Å². The van der Waals surface area contributed by atoms with Crippen LogP contribution in [-0.2, 0) is 42.9 Å². The topological polar surface area (TPSA) is 167 Å². The van der Waals surface area contributed by atoms with Gasteiger partial charge in [0.15, 0.2) is 0 Å². The van der Waals surface area contributed by atoms with Gasteiger partial charge in [0.05, 0.1) is 18.1 Å². The molecule has 2 N–H and O–H groups in total. The van der Waals surface area contributed by atoms with Crippen LogP contribution in [-0.4, -0.2) is 93.9 Å². The van der Waals surface area contributed by atoms with E-state index in [0.717, 1.165) is 19.3 Å². The predicted octanol–water partition coefficient (Wildman–Crippen LogP) is 2.68. The van der Waals surface area contributed by atoms with Crippen LogP contribution in [0, 0.1) is 23.7 Å². The Morgan fingerprint density at radius 3 is 2.36 bits per heavy atom. The fraction of sp³-hybridized carbons (Fsp3) is 0.625. The molecule has 13 nitrogen and oxygen atoms in total. The fourth-order valence-electron chi connectivity index (χ4n) is 7.36. The lowest BCUT2D eigenvalue weighted by molar-refractivity contribution is -0.148. The van der Waals surface area contributed by atoms with E-state index in [1.54, 1.807) is 18.2 Å². The summed E-state index contributed by atoms with van der Waals surface area (Å²) in [5.74, 6) is -1.39. The third-order valence-corrected chi connectivity index (χ3v) is 12.1. The summed E-state index contributed by atoms with van der Waals surface area (Å²) in [7, 11) is -3.05. The Kier molecular flexibility index (Phi) is 9.71. The molecule has 5 aliphatic rings. The summed E-state index contributed by atoms with van der Waals surface area (Å²) in [6, 6.07) is 3.63. The molecule has 0 radical (unpaired) electrons. The maximum absolute atomic E-state index is 14.4. The number of nitrogens with one attached hydrogen (secondary N) is 2. The molecule has 6 rings (SSSR count). The van der Waals surface area contributed by atoms with Crippen LogP contribution in [0.3, 0.4) is 0 Å². The first kappa shape index (κ1) is 33.9. The average molecular weight is 739 g/mol. The molecule has 2 aliphatic heterocycles. The quantitative estimate of drug-likeness (QED) is 0.196. The molecule has 2 heterocycles. The van der Waals surface area contributed by atoms with Gasteiger partial charge in [-0.25, -0.2) is 9.59 Å². The molecule has 3 aliphatic carbocycles. The molecular formula is C32H40BrN3O10S. The van der Waals surface area contributed by atoms with Crippen molar-refractivity contribution in [2.75, 3.05) is 26.9 Å². The van der Waals surface area contributed by atoms with Crippen molar-refractivity contribution >= 4 is 49.9 Å². The van der Waals surface area contributed by atoms with Gasteiger partial charge >= 0.3 is 12.1 Å². The summed E-state index contributed by atoms with van der Waals surface area (Å²) in [5, 5.41) is 5.55. The number of ether oxygens (including phenoxy) is 3. The molecular weight excluding hydrogens is 698 g/mol. The minimum atomic E-state index is -4.27. The van der Waals surface area contributed by atoms with Gasteiger partial charge in [-0.05, 0) is 80.5 Å². The van der Waals surface area contributed by atoms with E-state index in [9.17, 15) is 27.6 Å². The third-order valence-electron chi connectivity index (χ3n) is 10.2. The molecule has 256 valence electrons. The summed E-state index contributed by atoms with van der Waals surface area (Å²) >= 11 is 3.28. The third kappa shape index (κ3) is 7.22. The van der Waals surface area contributed by atoms with Crippen molar-refractivity contribution in [1.29, 1.82) is 0 Å². The van der Waals surface area contributed by atoms with Crippen LogP contribution in [0.1, 0.15) is 44.9 Å². The minimum Gasteiger partial charge on any atom is -0.467 e. The number of rotatable bonds is 11. The number of esters is 1. The number of benzene rings is 1. The van der Waals surface area contributed by atoms with Gasteiger partial charge in [-0.15, -0.1) is 6.58 Å². The highest BCUT2D eigenvalue weighted by Crippen LogP contribution is 2.52. The van der Waals surface area contributed by atoms with Crippen LogP contribution in [0.15, 0.2) is 46.3 Å². The summed E-state index contributed by atoms with van der Waals surface area (Å²) in [6.45, 7) is 4.28. The molecule has 1 aromatic carbocycles. The summed E-state index contributed by atoms with van der Waals surface area (Å²) in [4.78, 5) is 55.3. The zero-order valence-electron chi connectivity index (χ0n) is 26.1. The second-order valence-electron chi connectivity index (χ2n) is 13.2. The normalized spacial score (nSPS) is 32.1. The number of methoxy groups -OCH3 is 1. The van der Waals surface area contributed by atoms with Gasteiger partial charge in [0.1, 0.15) is 23.7 Å². The Hall–Kier alpha value is -3.01. The summed E-state index contributed by atoms with van der Waals surface area (Å²) in [5.41, 5.74) is -1.34. The number of halogens is 1. The zero-order valence-corrected chi connectivity index (χ0v) is 28.5. The highest BCUT2D eigenvalue weighted by Gasteiger charge is 2.62. The van der Waals surface area contributed by atoms with E-state index in [1.165, 1.54) is 24.1 Å². The van der Waals surface area contributed by atoms with Gasteiger partial charge in [0, 0.05) is 36.6 Å². The molecule has 0 aromatic heterocycles. The largest absolute Gasteiger partial charge is 0.467 e. The molecule has 3 saturated carbocycles. The molecule has 47 heavy (non-hydrogen) atoms. The Morgan fingerprint density at radius 1 is 1.06 bits per heavy atom. The highest BCUT2D eigenvalue weighted by molar-refractivity contribution is 9.10. The Labute approximate surface area is 282 Å². The van der Waals surface area contributed by atoms with Gasteiger partial charge in [0.25, 0.3) is 10.1 Å². The molecule has 8 atom stereocenters. The van der Waals surface area contributed by atoms with Crippen LogP contribution in [0.4, 0.5) is 4.79 Å². The van der Waals surface area contributed by atoms with Gasteiger partial charge in [-0.2, -0.15) is 8.42 Å². The summed E-state index contributed by atoms with van der Waals surface area (Å²) in [6.07, 6.45) is 3.41. The maximum atomic E-state index is 14.4. The number of carbonyl (C=O) groups is 4. The van der Waals surface area contributed by atoms with Crippen LogP contribution < -0.4 is 10.6 Å². The number of likely N-dealkylation sites (tertiary alicyclic amines) is 1. The van der Waals surface area contributed by atoms with Gasteiger partial charge < -0.3 is 29.7 Å². The van der Waals surface area contributed by atoms with E-state index in [4.69, 9.17) is 18.4 Å². The van der Waals surface area contributed by atoms with E-state index in [2.05, 4.69) is 33.1 Å². The number of hydrogen-bond acceptors (Lipinski definition) is 10. The first-order valence-corrected chi connectivity index (χ1v) is 18.2. The van der Waals surface area contributed by atoms with Crippen molar-refractivity contribution in [1.82, 2.24) is 15.5 Å². The van der Waals surface area contributed by atoms with E-state index >= 15 is 0 Å². The van der Waals surface area contributed by atoms with E-state index in [0.29, 0.717) is 42.4 Å². The first-order valence-electron chi connectivity index (χ1n) is 16.0. The van der Waals surface area contributed by atoms with Crippen LogP contribution in [0.2, 0.25) is 0 Å². The lowest BCUT2D eigenvalue weighted by Gasteiger charge is -2.34. The molecule has 0 unspecified atom stereocenters. The molecule has 15 heteroatoms. The lowest BCUT2D eigenvalue weighted by Crippen LogP contribution is -2.58. The Bertz CT molecular complexity index is 1510. The molecule has 3 amide bonds. The minimum absolute atomic E-state index is 0.0861. The van der Waals surface area contributed by atoms with Gasteiger partial charge in [0.2, 0.25) is 11.8 Å². The number of amides is 3. The van der Waals surface area contributed by atoms with Crippen molar-refractivity contribution < 1.29 is 46.0 Å². The van der Waals surface area contributed by atoms with E-state index in [1.807, 2.05) is 0 Å². The SMILES string of the molecule is C=C[C@@H]1C[C@]1(NC(=O)[C@@H]1C[C@H](OS(=O)(=O)c2ccc(Br)cc2)CN1C(=O)[C@@H](NC(=O)O[C@@H]1C[C@@H]2C[C@@H]2C1)C1CCOCC1)C(=O)OC. The number of fused-ring (bicyclic) bond motifs is 1. The van der Waals surface area contributed by atoms with E-state index in [-0.39, 0.29) is 42.2 Å².